The molecule has 0 unspecified atom stereocenters. The zero-order valence-electron chi connectivity index (χ0n) is 16.4. The molecule has 1 heterocycles. The molecule has 0 atom stereocenters. The minimum absolute atomic E-state index is 0.165. The van der Waals surface area contributed by atoms with Crippen LogP contribution in [-0.2, 0) is 24.4 Å². The Kier molecular flexibility index (Phi) is 6.10. The van der Waals surface area contributed by atoms with Gasteiger partial charge in [0.1, 0.15) is 11.6 Å². The molecule has 1 saturated carbocycles. The summed E-state index contributed by atoms with van der Waals surface area (Å²) in [5.41, 5.74) is 1.97. The summed E-state index contributed by atoms with van der Waals surface area (Å²) in [5, 5.41) is 2.91. The van der Waals surface area contributed by atoms with Crippen LogP contribution in [0.15, 0.2) is 60.0 Å². The fourth-order valence-electron chi connectivity index (χ4n) is 3.22. The molecule has 0 saturated heterocycles. The number of aromatic nitrogens is 1. The van der Waals surface area contributed by atoms with Gasteiger partial charge in [-0.2, -0.15) is 0 Å². The van der Waals surface area contributed by atoms with E-state index >= 15 is 0 Å². The molecular weight excluding hydrogens is 384 g/mol. The fraction of sp³-hybridized carbons (Fsp3) is 0.304. The molecule has 2 aromatic carbocycles. The maximum absolute atomic E-state index is 12.8. The number of carbonyl (C=O) groups is 1. The average Bonchev–Trinajstić information content (AvgIpc) is 3.50. The number of methoxy groups -OCH3 is 1. The third kappa shape index (κ3) is 5.15. The molecule has 0 spiro atoms. The van der Waals surface area contributed by atoms with E-state index in [4.69, 9.17) is 9.47 Å². The van der Waals surface area contributed by atoms with E-state index in [1.807, 2.05) is 64.9 Å². The number of para-hydroxylation sites is 2. The van der Waals surface area contributed by atoms with Crippen molar-refractivity contribution < 1.29 is 14.3 Å². The Morgan fingerprint density at radius 2 is 1.83 bits per heavy atom. The summed E-state index contributed by atoms with van der Waals surface area (Å²) in [5.74, 6) is 1.57. The van der Waals surface area contributed by atoms with E-state index in [-0.39, 0.29) is 5.91 Å². The van der Waals surface area contributed by atoms with Crippen molar-refractivity contribution in [3.8, 4) is 11.5 Å². The summed E-state index contributed by atoms with van der Waals surface area (Å²) in [4.78, 5) is 19.5. The number of benzene rings is 2. The minimum atomic E-state index is 0.165. The SMILES string of the molecule is COc1ccccc1OCc1nc(CN(C(=O)Cc2ccccc2)C2CC2)cs1. The van der Waals surface area contributed by atoms with Gasteiger partial charge < -0.3 is 14.4 Å². The topological polar surface area (TPSA) is 51.7 Å². The highest BCUT2D eigenvalue weighted by Gasteiger charge is 2.32. The predicted molar refractivity (Wildman–Crippen MR) is 113 cm³/mol. The molecule has 0 radical (unpaired) electrons. The van der Waals surface area contributed by atoms with Crippen molar-refractivity contribution in [2.75, 3.05) is 7.11 Å². The van der Waals surface area contributed by atoms with E-state index in [0.29, 0.717) is 37.1 Å². The van der Waals surface area contributed by atoms with E-state index in [1.165, 1.54) is 0 Å². The van der Waals surface area contributed by atoms with Gasteiger partial charge in [0, 0.05) is 11.4 Å². The number of hydrogen-bond donors (Lipinski definition) is 0. The maximum Gasteiger partial charge on any atom is 0.227 e. The van der Waals surface area contributed by atoms with Gasteiger partial charge in [-0.25, -0.2) is 4.98 Å². The third-order valence-corrected chi connectivity index (χ3v) is 5.73. The first kappa shape index (κ1) is 19.5. The van der Waals surface area contributed by atoms with Crippen LogP contribution in [0.5, 0.6) is 11.5 Å². The van der Waals surface area contributed by atoms with E-state index < -0.39 is 0 Å². The van der Waals surface area contributed by atoms with Gasteiger partial charge in [-0.3, -0.25) is 4.79 Å². The smallest absolute Gasteiger partial charge is 0.227 e. The summed E-state index contributed by atoms with van der Waals surface area (Å²) in [6.45, 7) is 0.938. The molecule has 6 heteroatoms. The van der Waals surface area contributed by atoms with E-state index in [2.05, 4.69) is 4.98 Å². The number of nitrogens with zero attached hydrogens (tertiary/aromatic N) is 2. The number of rotatable bonds is 9. The molecule has 1 aromatic heterocycles. The number of hydrogen-bond acceptors (Lipinski definition) is 5. The Labute approximate surface area is 174 Å². The lowest BCUT2D eigenvalue weighted by atomic mass is 10.1. The largest absolute Gasteiger partial charge is 0.493 e. The van der Waals surface area contributed by atoms with Crippen LogP contribution in [0.3, 0.4) is 0 Å². The van der Waals surface area contributed by atoms with Gasteiger partial charge in [-0.05, 0) is 30.5 Å². The highest BCUT2D eigenvalue weighted by atomic mass is 32.1. The first-order chi connectivity index (χ1) is 14.2. The lowest BCUT2D eigenvalue weighted by molar-refractivity contribution is -0.131. The maximum atomic E-state index is 12.8. The summed E-state index contributed by atoms with van der Waals surface area (Å²) in [6, 6.07) is 17.8. The fourth-order valence-corrected chi connectivity index (χ4v) is 3.92. The standard InChI is InChI=1S/C23H24N2O3S/c1-27-20-9-5-6-10-21(20)28-15-22-24-18(16-29-22)14-25(19-11-12-19)23(26)13-17-7-3-2-4-8-17/h2-10,16,19H,11-15H2,1H3. The van der Waals surface area contributed by atoms with Crippen LogP contribution in [0.1, 0.15) is 29.1 Å². The zero-order chi connectivity index (χ0) is 20.1. The second-order valence-electron chi connectivity index (χ2n) is 7.09. The second kappa shape index (κ2) is 9.09. The Morgan fingerprint density at radius 3 is 2.55 bits per heavy atom. The number of thiazole rings is 1. The predicted octanol–water partition coefficient (Wildman–Crippen LogP) is 4.46. The normalized spacial score (nSPS) is 13.1. The summed E-state index contributed by atoms with van der Waals surface area (Å²) < 4.78 is 11.2. The Bertz CT molecular complexity index is 954. The Hall–Kier alpha value is -2.86. The molecule has 0 aliphatic heterocycles. The van der Waals surface area contributed by atoms with Gasteiger partial charge in [-0.15, -0.1) is 11.3 Å². The van der Waals surface area contributed by atoms with Crippen molar-refractivity contribution in [3.05, 3.63) is 76.2 Å². The Balaban J connectivity index is 1.37. The molecule has 1 amide bonds. The summed E-state index contributed by atoms with van der Waals surface area (Å²) in [6.07, 6.45) is 2.59. The molecule has 29 heavy (non-hydrogen) atoms. The monoisotopic (exact) mass is 408 g/mol. The summed E-state index contributed by atoms with van der Waals surface area (Å²) >= 11 is 1.56. The molecule has 1 aliphatic carbocycles. The molecule has 0 N–H and O–H groups in total. The van der Waals surface area contributed by atoms with Gasteiger partial charge in [0.15, 0.2) is 11.5 Å². The number of carbonyl (C=O) groups excluding carboxylic acids is 1. The van der Waals surface area contributed by atoms with Crippen LogP contribution in [0.25, 0.3) is 0 Å². The van der Waals surface area contributed by atoms with E-state index in [0.717, 1.165) is 29.1 Å². The zero-order valence-corrected chi connectivity index (χ0v) is 17.2. The van der Waals surface area contributed by atoms with E-state index in [1.54, 1.807) is 18.4 Å². The van der Waals surface area contributed by atoms with Crippen molar-refractivity contribution in [1.29, 1.82) is 0 Å². The van der Waals surface area contributed by atoms with Crippen LogP contribution in [0.4, 0.5) is 0 Å². The van der Waals surface area contributed by atoms with Gasteiger partial charge in [0.05, 0.1) is 25.8 Å². The van der Waals surface area contributed by atoms with Crippen LogP contribution in [-0.4, -0.2) is 28.9 Å². The Morgan fingerprint density at radius 1 is 1.10 bits per heavy atom. The van der Waals surface area contributed by atoms with Crippen molar-refractivity contribution in [2.45, 2.75) is 38.5 Å². The molecule has 3 aromatic rings. The summed E-state index contributed by atoms with van der Waals surface area (Å²) in [7, 11) is 1.63. The molecule has 0 bridgehead atoms. The van der Waals surface area contributed by atoms with Crippen molar-refractivity contribution in [2.24, 2.45) is 0 Å². The van der Waals surface area contributed by atoms with E-state index in [9.17, 15) is 4.79 Å². The average molecular weight is 409 g/mol. The van der Waals surface area contributed by atoms with Crippen LogP contribution < -0.4 is 9.47 Å². The third-order valence-electron chi connectivity index (χ3n) is 4.86. The number of ether oxygens (including phenoxy) is 2. The first-order valence-corrected chi connectivity index (χ1v) is 10.6. The molecular formula is C23H24N2O3S. The molecule has 4 rings (SSSR count). The van der Waals surface area contributed by atoms with Gasteiger partial charge in [-0.1, -0.05) is 42.5 Å². The first-order valence-electron chi connectivity index (χ1n) is 9.75. The minimum Gasteiger partial charge on any atom is -0.493 e. The van der Waals surface area contributed by atoms with Gasteiger partial charge in [0.25, 0.3) is 0 Å². The van der Waals surface area contributed by atoms with Crippen molar-refractivity contribution in [3.63, 3.8) is 0 Å². The lowest BCUT2D eigenvalue weighted by Gasteiger charge is -2.21. The van der Waals surface area contributed by atoms with Crippen LogP contribution >= 0.6 is 11.3 Å². The van der Waals surface area contributed by atoms with Crippen molar-refractivity contribution in [1.82, 2.24) is 9.88 Å². The lowest BCUT2D eigenvalue weighted by Crippen LogP contribution is -2.33. The highest BCUT2D eigenvalue weighted by molar-refractivity contribution is 7.09. The van der Waals surface area contributed by atoms with Crippen LogP contribution in [0, 0.1) is 0 Å². The second-order valence-corrected chi connectivity index (χ2v) is 8.03. The molecule has 150 valence electrons. The molecule has 1 fully saturated rings. The molecule has 1 aliphatic rings. The van der Waals surface area contributed by atoms with Crippen molar-refractivity contribution >= 4 is 17.2 Å². The van der Waals surface area contributed by atoms with Gasteiger partial charge in [0.2, 0.25) is 5.91 Å². The quantitative estimate of drug-likeness (QED) is 0.524. The molecule has 5 nitrogen and oxygen atoms in total. The highest BCUT2D eigenvalue weighted by Crippen LogP contribution is 2.30. The number of amides is 1. The van der Waals surface area contributed by atoms with Gasteiger partial charge >= 0.3 is 0 Å². The van der Waals surface area contributed by atoms with Crippen LogP contribution in [0.2, 0.25) is 0 Å².